The topological polar surface area (TPSA) is 21.3 Å². The molecule has 2 nitrogen and oxygen atoms in total. The van der Waals surface area contributed by atoms with E-state index in [1.807, 2.05) is 6.92 Å². The number of anilines is 1. The van der Waals surface area contributed by atoms with Crippen molar-refractivity contribution in [3.05, 3.63) is 58.3 Å². The van der Waals surface area contributed by atoms with Crippen LogP contribution in [-0.2, 0) is 0 Å². The number of ether oxygens (including phenoxy) is 1. The zero-order valence-corrected chi connectivity index (χ0v) is 12.7. The predicted octanol–water partition coefficient (Wildman–Crippen LogP) is 5.36. The van der Waals surface area contributed by atoms with E-state index in [1.165, 1.54) is 18.2 Å². The van der Waals surface area contributed by atoms with E-state index in [4.69, 9.17) is 0 Å². The molecule has 2 rings (SSSR count). The highest BCUT2D eigenvalue weighted by Gasteiger charge is 2.11. The number of rotatable bonds is 5. The maximum atomic E-state index is 13.8. The minimum atomic E-state index is -2.87. The summed E-state index contributed by atoms with van der Waals surface area (Å²) in [7, 11) is 0. The third-order valence-corrected chi connectivity index (χ3v) is 3.38. The first-order valence-electron chi connectivity index (χ1n) is 6.22. The Morgan fingerprint density at radius 1 is 1.14 bits per heavy atom. The SMILES string of the molecule is CC(Nc1ccc(Br)cc1F)c1cccc(OC(F)F)c1. The summed E-state index contributed by atoms with van der Waals surface area (Å²) in [6.07, 6.45) is 0. The van der Waals surface area contributed by atoms with Gasteiger partial charge in [0.05, 0.1) is 5.69 Å². The smallest absolute Gasteiger partial charge is 0.387 e. The van der Waals surface area contributed by atoms with E-state index in [0.29, 0.717) is 10.2 Å². The molecule has 0 bridgehead atoms. The summed E-state index contributed by atoms with van der Waals surface area (Å²) in [5.41, 5.74) is 1.06. The van der Waals surface area contributed by atoms with Crippen molar-refractivity contribution in [2.45, 2.75) is 19.6 Å². The van der Waals surface area contributed by atoms with Crippen LogP contribution in [0.15, 0.2) is 46.9 Å². The zero-order valence-electron chi connectivity index (χ0n) is 11.1. The second-order valence-electron chi connectivity index (χ2n) is 4.44. The third kappa shape index (κ3) is 4.39. The van der Waals surface area contributed by atoms with Crippen molar-refractivity contribution in [2.75, 3.05) is 5.32 Å². The van der Waals surface area contributed by atoms with Crippen molar-refractivity contribution in [3.63, 3.8) is 0 Å². The minimum absolute atomic E-state index is 0.0763. The zero-order chi connectivity index (χ0) is 15.4. The molecule has 1 unspecified atom stereocenters. The van der Waals surface area contributed by atoms with Gasteiger partial charge in [0.1, 0.15) is 11.6 Å². The number of halogens is 4. The molecule has 0 aromatic heterocycles. The molecular weight excluding hydrogens is 347 g/mol. The van der Waals surface area contributed by atoms with Crippen molar-refractivity contribution in [3.8, 4) is 5.75 Å². The second kappa shape index (κ2) is 6.85. The molecule has 1 atom stereocenters. The molecule has 0 aliphatic carbocycles. The minimum Gasteiger partial charge on any atom is -0.435 e. The molecule has 0 spiro atoms. The Morgan fingerprint density at radius 3 is 2.57 bits per heavy atom. The fourth-order valence-corrected chi connectivity index (χ4v) is 2.22. The van der Waals surface area contributed by atoms with Gasteiger partial charge in [-0.3, -0.25) is 0 Å². The summed E-state index contributed by atoms with van der Waals surface area (Å²) in [5.74, 6) is -0.316. The van der Waals surface area contributed by atoms with Gasteiger partial charge in [0, 0.05) is 10.5 Å². The summed E-state index contributed by atoms with van der Waals surface area (Å²) < 4.78 is 43.2. The van der Waals surface area contributed by atoms with Gasteiger partial charge < -0.3 is 10.1 Å². The van der Waals surface area contributed by atoms with Crippen molar-refractivity contribution >= 4 is 21.6 Å². The average molecular weight is 360 g/mol. The molecule has 21 heavy (non-hydrogen) atoms. The van der Waals surface area contributed by atoms with Gasteiger partial charge in [0.25, 0.3) is 0 Å². The number of benzene rings is 2. The Hall–Kier alpha value is -1.69. The maximum Gasteiger partial charge on any atom is 0.387 e. The Morgan fingerprint density at radius 2 is 1.90 bits per heavy atom. The quantitative estimate of drug-likeness (QED) is 0.775. The van der Waals surface area contributed by atoms with Crippen LogP contribution in [0.25, 0.3) is 0 Å². The summed E-state index contributed by atoms with van der Waals surface area (Å²) >= 11 is 3.18. The van der Waals surface area contributed by atoms with Crippen molar-refractivity contribution in [2.24, 2.45) is 0 Å². The standard InChI is InChI=1S/C15H13BrF3NO/c1-9(20-14-6-5-11(16)8-13(14)17)10-3-2-4-12(7-10)21-15(18)19/h2-9,15,20H,1H3. The van der Waals surface area contributed by atoms with Crippen LogP contribution in [0, 0.1) is 5.82 Å². The number of hydrogen-bond donors (Lipinski definition) is 1. The first-order chi connectivity index (χ1) is 9.95. The first kappa shape index (κ1) is 15.7. The molecule has 0 radical (unpaired) electrons. The highest BCUT2D eigenvalue weighted by atomic mass is 79.9. The molecule has 0 aliphatic heterocycles. The Kier molecular flexibility index (Phi) is 5.12. The lowest BCUT2D eigenvalue weighted by atomic mass is 10.1. The summed E-state index contributed by atoms with van der Waals surface area (Å²) in [6.45, 7) is -1.06. The normalized spacial score (nSPS) is 12.3. The van der Waals surface area contributed by atoms with Crippen LogP contribution in [0.1, 0.15) is 18.5 Å². The lowest BCUT2D eigenvalue weighted by Gasteiger charge is -2.17. The first-order valence-corrected chi connectivity index (χ1v) is 7.01. The van der Waals surface area contributed by atoms with Gasteiger partial charge in [0.2, 0.25) is 0 Å². The van der Waals surface area contributed by atoms with Crippen LogP contribution in [-0.4, -0.2) is 6.61 Å². The molecule has 0 saturated carbocycles. The van der Waals surface area contributed by atoms with E-state index in [9.17, 15) is 13.2 Å². The second-order valence-corrected chi connectivity index (χ2v) is 5.36. The molecule has 0 fully saturated rings. The number of alkyl halides is 2. The van der Waals surface area contributed by atoms with Crippen molar-refractivity contribution in [1.29, 1.82) is 0 Å². The van der Waals surface area contributed by atoms with Gasteiger partial charge in [-0.15, -0.1) is 0 Å². The van der Waals surface area contributed by atoms with Gasteiger partial charge >= 0.3 is 6.61 Å². The van der Waals surface area contributed by atoms with E-state index in [0.717, 1.165) is 5.56 Å². The highest BCUT2D eigenvalue weighted by Crippen LogP contribution is 2.26. The molecule has 1 N–H and O–H groups in total. The van der Waals surface area contributed by atoms with Gasteiger partial charge in [-0.05, 0) is 42.8 Å². The van der Waals surface area contributed by atoms with Gasteiger partial charge in [-0.2, -0.15) is 8.78 Å². The van der Waals surface area contributed by atoms with Crippen LogP contribution in [0.2, 0.25) is 0 Å². The monoisotopic (exact) mass is 359 g/mol. The lowest BCUT2D eigenvalue weighted by molar-refractivity contribution is -0.0498. The Bertz CT molecular complexity index is 622. The van der Waals surface area contributed by atoms with Crippen LogP contribution in [0.4, 0.5) is 18.9 Å². The van der Waals surface area contributed by atoms with Crippen LogP contribution >= 0.6 is 15.9 Å². The molecule has 2 aromatic rings. The molecule has 0 heterocycles. The summed E-state index contributed by atoms with van der Waals surface area (Å²) in [4.78, 5) is 0. The van der Waals surface area contributed by atoms with Crippen LogP contribution in [0.5, 0.6) is 5.75 Å². The van der Waals surface area contributed by atoms with Gasteiger partial charge in [-0.25, -0.2) is 4.39 Å². The largest absolute Gasteiger partial charge is 0.435 e. The molecule has 0 saturated heterocycles. The number of hydrogen-bond acceptors (Lipinski definition) is 2. The van der Waals surface area contributed by atoms with E-state index in [2.05, 4.69) is 26.0 Å². The molecule has 112 valence electrons. The Balaban J connectivity index is 2.14. The summed E-state index contributed by atoms with van der Waals surface area (Å²) in [5, 5.41) is 3.00. The van der Waals surface area contributed by atoms with E-state index < -0.39 is 12.4 Å². The van der Waals surface area contributed by atoms with E-state index >= 15 is 0 Å². The highest BCUT2D eigenvalue weighted by molar-refractivity contribution is 9.10. The van der Waals surface area contributed by atoms with Crippen LogP contribution in [0.3, 0.4) is 0 Å². The van der Waals surface area contributed by atoms with Gasteiger partial charge in [0.15, 0.2) is 0 Å². The average Bonchev–Trinajstić information content (AvgIpc) is 2.41. The van der Waals surface area contributed by atoms with Gasteiger partial charge in [-0.1, -0.05) is 28.1 Å². The molecule has 0 aliphatic rings. The molecule has 0 amide bonds. The van der Waals surface area contributed by atoms with E-state index in [1.54, 1.807) is 24.3 Å². The third-order valence-electron chi connectivity index (χ3n) is 2.89. The lowest BCUT2D eigenvalue weighted by Crippen LogP contribution is -2.09. The maximum absolute atomic E-state index is 13.8. The van der Waals surface area contributed by atoms with E-state index in [-0.39, 0.29) is 11.8 Å². The van der Waals surface area contributed by atoms with Crippen LogP contribution < -0.4 is 10.1 Å². The van der Waals surface area contributed by atoms with Crippen molar-refractivity contribution < 1.29 is 17.9 Å². The predicted molar refractivity (Wildman–Crippen MR) is 79.2 cm³/mol. The molecular formula is C15H13BrF3NO. The van der Waals surface area contributed by atoms with Crippen molar-refractivity contribution in [1.82, 2.24) is 0 Å². The fraction of sp³-hybridized carbons (Fsp3) is 0.200. The molecule has 2 aromatic carbocycles. The molecule has 6 heteroatoms. The summed E-state index contributed by atoms with van der Waals surface area (Å²) in [6, 6.07) is 10.7. The number of nitrogens with one attached hydrogen (secondary N) is 1. The fourth-order valence-electron chi connectivity index (χ4n) is 1.88. The Labute approximate surface area is 129 Å².